The molecule has 0 heterocycles. The lowest BCUT2D eigenvalue weighted by molar-refractivity contribution is -0.141. The van der Waals surface area contributed by atoms with Gasteiger partial charge < -0.3 is 25.7 Å². The Morgan fingerprint density at radius 2 is 1.29 bits per heavy atom. The first-order valence-electron chi connectivity index (χ1n) is 10.9. The fourth-order valence-electron chi connectivity index (χ4n) is 3.27. The van der Waals surface area contributed by atoms with Gasteiger partial charge in [-0.25, -0.2) is 0 Å². The Morgan fingerprint density at radius 1 is 0.821 bits per heavy atom. The molecule has 3 unspecified atom stereocenters. The van der Waals surface area contributed by atoms with E-state index in [1.165, 1.54) is 57.8 Å². The van der Waals surface area contributed by atoms with Crippen molar-refractivity contribution in [1.82, 2.24) is 5.32 Å². The number of hydrogen-bond donors (Lipinski definition) is 5. The van der Waals surface area contributed by atoms with Gasteiger partial charge in [-0.1, -0.05) is 84.0 Å². The number of aliphatic hydroxyl groups excluding tert-OH is 3. The van der Waals surface area contributed by atoms with E-state index in [0.29, 0.717) is 6.42 Å². The van der Waals surface area contributed by atoms with Crippen molar-refractivity contribution in [3.63, 3.8) is 0 Å². The van der Waals surface area contributed by atoms with Crippen LogP contribution in [-0.4, -0.2) is 57.2 Å². The minimum absolute atomic E-state index is 0.379. The number of carboxylic acid groups (broad SMARTS) is 1. The average Bonchev–Trinajstić information content (AvgIpc) is 2.65. The lowest BCUT2D eigenvalue weighted by atomic mass is 9.99. The summed E-state index contributed by atoms with van der Waals surface area (Å²) in [6.07, 6.45) is 11.7. The molecular formula is C21H41NO6. The van der Waals surface area contributed by atoms with Gasteiger partial charge in [0.2, 0.25) is 5.91 Å². The standard InChI is InChI=1S/C21H41NO6/c1-2-3-4-5-6-7-8-9-10-11-12-13-14-18(24)21(28)17(16-23)22-19(25)15-20(26)27/h17-18,21,23-24,28H,2-16H2,1H3,(H,22,25)(H,26,27). The zero-order valence-corrected chi connectivity index (χ0v) is 17.4. The molecule has 0 aromatic carbocycles. The highest BCUT2D eigenvalue weighted by Crippen LogP contribution is 2.14. The quantitative estimate of drug-likeness (QED) is 0.167. The van der Waals surface area contributed by atoms with Gasteiger partial charge in [0.1, 0.15) is 12.5 Å². The molecule has 5 N–H and O–H groups in total. The molecule has 7 nitrogen and oxygen atoms in total. The first-order valence-corrected chi connectivity index (χ1v) is 10.9. The smallest absolute Gasteiger partial charge is 0.312 e. The average molecular weight is 404 g/mol. The molecule has 3 atom stereocenters. The number of carbonyl (C=O) groups is 2. The van der Waals surface area contributed by atoms with Gasteiger partial charge in [0.05, 0.1) is 18.8 Å². The summed E-state index contributed by atoms with van der Waals surface area (Å²) < 4.78 is 0. The van der Waals surface area contributed by atoms with Crippen molar-refractivity contribution >= 4 is 11.9 Å². The van der Waals surface area contributed by atoms with Crippen LogP contribution in [0.5, 0.6) is 0 Å². The van der Waals surface area contributed by atoms with Crippen LogP contribution in [0, 0.1) is 0 Å². The molecule has 0 aliphatic heterocycles. The van der Waals surface area contributed by atoms with Crippen molar-refractivity contribution in [1.29, 1.82) is 0 Å². The van der Waals surface area contributed by atoms with Gasteiger partial charge in [0, 0.05) is 0 Å². The van der Waals surface area contributed by atoms with Crippen LogP contribution >= 0.6 is 0 Å². The molecule has 0 aromatic heterocycles. The first kappa shape index (κ1) is 26.8. The number of hydrogen-bond acceptors (Lipinski definition) is 5. The Morgan fingerprint density at radius 3 is 1.71 bits per heavy atom. The van der Waals surface area contributed by atoms with E-state index in [2.05, 4.69) is 12.2 Å². The fourth-order valence-corrected chi connectivity index (χ4v) is 3.27. The molecule has 28 heavy (non-hydrogen) atoms. The van der Waals surface area contributed by atoms with Gasteiger partial charge in [-0.05, 0) is 6.42 Å². The Kier molecular flexibility index (Phi) is 17.1. The molecule has 0 spiro atoms. The summed E-state index contributed by atoms with van der Waals surface area (Å²) >= 11 is 0. The van der Waals surface area contributed by atoms with Crippen molar-refractivity contribution < 1.29 is 30.0 Å². The minimum atomic E-state index is -1.32. The highest BCUT2D eigenvalue weighted by molar-refractivity contribution is 5.93. The third-order valence-electron chi connectivity index (χ3n) is 5.01. The van der Waals surface area contributed by atoms with Crippen molar-refractivity contribution in [3.8, 4) is 0 Å². The topological polar surface area (TPSA) is 127 Å². The van der Waals surface area contributed by atoms with E-state index in [1.54, 1.807) is 0 Å². The summed E-state index contributed by atoms with van der Waals surface area (Å²) in [7, 11) is 0. The number of amides is 1. The zero-order valence-electron chi connectivity index (χ0n) is 17.4. The molecule has 0 bridgehead atoms. The van der Waals surface area contributed by atoms with Crippen molar-refractivity contribution in [3.05, 3.63) is 0 Å². The van der Waals surface area contributed by atoms with Gasteiger partial charge in [-0.15, -0.1) is 0 Å². The summed E-state index contributed by atoms with van der Waals surface area (Å²) in [5.74, 6) is -2.09. The van der Waals surface area contributed by atoms with Crippen LogP contribution in [0.25, 0.3) is 0 Å². The normalized spacial score (nSPS) is 14.4. The fraction of sp³-hybridized carbons (Fsp3) is 0.905. The van der Waals surface area contributed by atoms with Crippen LogP contribution in [0.3, 0.4) is 0 Å². The monoisotopic (exact) mass is 403 g/mol. The molecule has 0 saturated carbocycles. The minimum Gasteiger partial charge on any atom is -0.481 e. The lowest BCUT2D eigenvalue weighted by Gasteiger charge is -2.26. The summed E-state index contributed by atoms with van der Waals surface area (Å²) in [6, 6.07) is -1.07. The summed E-state index contributed by atoms with van der Waals surface area (Å²) in [6.45, 7) is 1.66. The molecule has 0 aromatic rings. The second-order valence-corrected chi connectivity index (χ2v) is 7.66. The van der Waals surface area contributed by atoms with E-state index in [9.17, 15) is 24.9 Å². The molecule has 0 radical (unpaired) electrons. The predicted molar refractivity (Wildman–Crippen MR) is 109 cm³/mol. The van der Waals surface area contributed by atoms with Crippen LogP contribution in [0.15, 0.2) is 0 Å². The second kappa shape index (κ2) is 17.9. The molecule has 0 rings (SSSR count). The molecule has 1 amide bonds. The van der Waals surface area contributed by atoms with Crippen molar-refractivity contribution in [2.24, 2.45) is 0 Å². The van der Waals surface area contributed by atoms with E-state index in [0.717, 1.165) is 19.3 Å². The lowest BCUT2D eigenvalue weighted by Crippen LogP contribution is -2.51. The third-order valence-corrected chi connectivity index (χ3v) is 5.01. The molecule has 0 fully saturated rings. The number of aliphatic hydroxyl groups is 3. The predicted octanol–water partition coefficient (Wildman–Crippen LogP) is 2.75. The second-order valence-electron chi connectivity index (χ2n) is 7.66. The number of carboxylic acids is 1. The van der Waals surface area contributed by atoms with Crippen LogP contribution < -0.4 is 5.32 Å². The van der Waals surface area contributed by atoms with E-state index in [4.69, 9.17) is 5.11 Å². The first-order chi connectivity index (χ1) is 13.4. The largest absolute Gasteiger partial charge is 0.481 e. The van der Waals surface area contributed by atoms with E-state index in [1.807, 2.05) is 0 Å². The summed E-state index contributed by atoms with van der Waals surface area (Å²) in [4.78, 5) is 21.9. The number of unbranched alkanes of at least 4 members (excludes halogenated alkanes) is 11. The number of nitrogens with one attached hydrogen (secondary N) is 1. The van der Waals surface area contributed by atoms with Crippen molar-refractivity contribution in [2.75, 3.05) is 6.61 Å². The Bertz CT molecular complexity index is 404. The molecular weight excluding hydrogens is 362 g/mol. The molecule has 166 valence electrons. The summed E-state index contributed by atoms with van der Waals surface area (Å²) in [5, 5.41) is 40.2. The van der Waals surface area contributed by atoms with Crippen LogP contribution in [0.2, 0.25) is 0 Å². The van der Waals surface area contributed by atoms with Gasteiger partial charge in [-0.2, -0.15) is 0 Å². The number of rotatable bonds is 19. The SMILES string of the molecule is CCCCCCCCCCCCCCC(O)C(O)C(CO)NC(=O)CC(=O)O. The van der Waals surface area contributed by atoms with Gasteiger partial charge in [0.15, 0.2) is 0 Å². The van der Waals surface area contributed by atoms with E-state index in [-0.39, 0.29) is 0 Å². The van der Waals surface area contributed by atoms with E-state index >= 15 is 0 Å². The van der Waals surface area contributed by atoms with Crippen LogP contribution in [-0.2, 0) is 9.59 Å². The van der Waals surface area contributed by atoms with E-state index < -0.39 is 43.2 Å². The molecule has 0 aliphatic rings. The summed E-state index contributed by atoms with van der Waals surface area (Å²) in [5.41, 5.74) is 0. The van der Waals surface area contributed by atoms with Crippen molar-refractivity contribution in [2.45, 2.75) is 115 Å². The third kappa shape index (κ3) is 14.8. The maximum absolute atomic E-state index is 11.4. The van der Waals surface area contributed by atoms with Gasteiger partial charge in [0.25, 0.3) is 0 Å². The van der Waals surface area contributed by atoms with Gasteiger partial charge in [-0.3, -0.25) is 9.59 Å². The number of aliphatic carboxylic acids is 1. The maximum atomic E-state index is 11.4. The van der Waals surface area contributed by atoms with Crippen LogP contribution in [0.4, 0.5) is 0 Å². The molecule has 0 saturated heterocycles. The molecule has 0 aliphatic carbocycles. The Hall–Kier alpha value is -1.18. The maximum Gasteiger partial charge on any atom is 0.312 e. The Labute approximate surface area is 169 Å². The molecule has 7 heteroatoms. The highest BCUT2D eigenvalue weighted by atomic mass is 16.4. The Balaban J connectivity index is 3.74. The van der Waals surface area contributed by atoms with Gasteiger partial charge >= 0.3 is 5.97 Å². The highest BCUT2D eigenvalue weighted by Gasteiger charge is 2.27. The number of carbonyl (C=O) groups excluding carboxylic acids is 1. The van der Waals surface area contributed by atoms with Crippen LogP contribution in [0.1, 0.15) is 96.8 Å². The zero-order chi connectivity index (χ0) is 21.2.